The number of benzene rings is 1. The molecule has 4 rings (SSSR count). The number of aromatic nitrogens is 3. The lowest BCUT2D eigenvalue weighted by molar-refractivity contribution is 0.0775. The molecule has 1 fully saturated rings. The minimum Gasteiger partial charge on any atom is -0.450 e. The molecule has 12 nitrogen and oxygen atoms in total. The van der Waals surface area contributed by atoms with E-state index in [9.17, 15) is 9.59 Å². The topological polar surface area (TPSA) is 134 Å². The predicted molar refractivity (Wildman–Crippen MR) is 152 cm³/mol. The summed E-state index contributed by atoms with van der Waals surface area (Å²) in [4.78, 5) is 45.5. The summed E-state index contributed by atoms with van der Waals surface area (Å²) in [5.41, 5.74) is 4.22. The van der Waals surface area contributed by atoms with E-state index in [1.54, 1.807) is 37.3 Å². The first kappa shape index (κ1) is 28.4. The fourth-order valence-electron chi connectivity index (χ4n) is 4.21. The van der Waals surface area contributed by atoms with Crippen LogP contribution < -0.4 is 10.6 Å². The van der Waals surface area contributed by atoms with Gasteiger partial charge in [-0.25, -0.2) is 19.6 Å². The second kappa shape index (κ2) is 14.0. The third-order valence-electron chi connectivity index (χ3n) is 6.24. The number of carbonyl (C=O) groups is 2. The van der Waals surface area contributed by atoms with E-state index in [1.807, 2.05) is 43.5 Å². The highest BCUT2D eigenvalue weighted by Crippen LogP contribution is 2.31. The van der Waals surface area contributed by atoms with Crippen LogP contribution in [0.25, 0.3) is 22.5 Å². The maximum absolute atomic E-state index is 11.9. The lowest BCUT2D eigenvalue weighted by Crippen LogP contribution is -2.48. The Morgan fingerprint density at radius 2 is 1.68 bits per heavy atom. The number of amides is 2. The summed E-state index contributed by atoms with van der Waals surface area (Å²) in [6.45, 7) is 7.70. The summed E-state index contributed by atoms with van der Waals surface area (Å²) < 4.78 is 10.1. The van der Waals surface area contributed by atoms with Crippen LogP contribution in [0.1, 0.15) is 19.5 Å². The van der Waals surface area contributed by atoms with Crippen molar-refractivity contribution in [2.75, 3.05) is 51.8 Å². The zero-order valence-electron chi connectivity index (χ0n) is 23.0. The van der Waals surface area contributed by atoms with E-state index in [4.69, 9.17) is 14.5 Å². The molecule has 1 aromatic carbocycles. The number of piperazine rings is 1. The number of guanidine groups is 1. The first-order valence-electron chi connectivity index (χ1n) is 13.2. The van der Waals surface area contributed by atoms with Gasteiger partial charge in [0.1, 0.15) is 0 Å². The number of rotatable bonds is 7. The Labute approximate surface area is 233 Å². The standard InChI is InChI=1S/C28H34N8O4/c1-4-39-27(37)34-26(29-3)33-24-10-8-20(17-23(24)25-30-11-6-12-31-25)21-7-9-22(32-18-21)19-35-13-15-36(16-14-35)28(38)40-5-2/h6-12,17-18H,4-5,13-16,19H2,1-3H3,(H2,29,33,34,37). The molecule has 1 saturated heterocycles. The average molecular weight is 547 g/mol. The van der Waals surface area contributed by atoms with Gasteiger partial charge < -0.3 is 19.7 Å². The minimum atomic E-state index is -0.600. The summed E-state index contributed by atoms with van der Waals surface area (Å²) in [6, 6.07) is 11.6. The van der Waals surface area contributed by atoms with Crippen molar-refractivity contribution in [1.29, 1.82) is 0 Å². The number of aliphatic imine (C=N–C) groups is 1. The number of alkyl carbamates (subject to hydrolysis) is 1. The highest BCUT2D eigenvalue weighted by Gasteiger charge is 2.22. The number of hydrogen-bond acceptors (Lipinski definition) is 9. The molecule has 1 aliphatic rings. The minimum absolute atomic E-state index is 0.234. The highest BCUT2D eigenvalue weighted by atomic mass is 16.6. The summed E-state index contributed by atoms with van der Waals surface area (Å²) in [5, 5.41) is 5.73. The number of nitrogens with zero attached hydrogens (tertiary/aromatic N) is 6. The maximum atomic E-state index is 11.9. The second-order valence-corrected chi connectivity index (χ2v) is 8.88. The van der Waals surface area contributed by atoms with Crippen molar-refractivity contribution in [3.63, 3.8) is 0 Å². The van der Waals surface area contributed by atoms with E-state index in [0.717, 1.165) is 35.5 Å². The van der Waals surface area contributed by atoms with Gasteiger partial charge in [0, 0.05) is 69.5 Å². The van der Waals surface area contributed by atoms with Gasteiger partial charge in [0.05, 0.1) is 24.6 Å². The van der Waals surface area contributed by atoms with Crippen LogP contribution in [-0.2, 0) is 16.0 Å². The van der Waals surface area contributed by atoms with E-state index in [-0.39, 0.29) is 18.7 Å². The Balaban J connectivity index is 1.48. The fourth-order valence-corrected chi connectivity index (χ4v) is 4.21. The van der Waals surface area contributed by atoms with Crippen LogP contribution >= 0.6 is 0 Å². The van der Waals surface area contributed by atoms with Gasteiger partial charge in [-0.1, -0.05) is 12.1 Å². The van der Waals surface area contributed by atoms with Gasteiger partial charge >= 0.3 is 12.2 Å². The quantitative estimate of drug-likeness (QED) is 0.337. The van der Waals surface area contributed by atoms with Crippen molar-refractivity contribution >= 4 is 23.8 Å². The van der Waals surface area contributed by atoms with E-state index < -0.39 is 6.09 Å². The molecule has 3 aromatic rings. The Morgan fingerprint density at radius 1 is 0.950 bits per heavy atom. The molecule has 0 atom stereocenters. The zero-order valence-corrected chi connectivity index (χ0v) is 23.0. The average Bonchev–Trinajstić information content (AvgIpc) is 2.98. The summed E-state index contributed by atoms with van der Waals surface area (Å²) in [7, 11) is 1.56. The lowest BCUT2D eigenvalue weighted by Gasteiger charge is -2.33. The van der Waals surface area contributed by atoms with E-state index in [1.165, 1.54) is 0 Å². The van der Waals surface area contributed by atoms with Gasteiger partial charge in [-0.3, -0.25) is 20.2 Å². The molecular formula is C28H34N8O4. The van der Waals surface area contributed by atoms with Crippen molar-refractivity contribution in [3.05, 3.63) is 60.7 Å². The normalized spacial score (nSPS) is 14.0. The number of carbonyl (C=O) groups excluding carboxylic acids is 2. The molecule has 2 N–H and O–H groups in total. The molecule has 3 heterocycles. The first-order valence-corrected chi connectivity index (χ1v) is 13.2. The molecule has 0 saturated carbocycles. The third kappa shape index (κ3) is 7.50. The molecule has 0 unspecified atom stereocenters. The molecule has 40 heavy (non-hydrogen) atoms. The molecule has 0 spiro atoms. The maximum Gasteiger partial charge on any atom is 0.413 e. The zero-order chi connectivity index (χ0) is 28.3. The Bertz CT molecular complexity index is 1310. The number of ether oxygens (including phenoxy) is 2. The van der Waals surface area contributed by atoms with Gasteiger partial charge in [-0.2, -0.15) is 0 Å². The molecule has 0 bridgehead atoms. The van der Waals surface area contributed by atoms with E-state index in [2.05, 4.69) is 30.5 Å². The number of nitrogens with one attached hydrogen (secondary N) is 2. The Kier molecular flexibility index (Phi) is 9.94. The smallest absolute Gasteiger partial charge is 0.413 e. The molecule has 210 valence electrons. The van der Waals surface area contributed by atoms with Crippen molar-refractivity contribution < 1.29 is 19.1 Å². The Morgan fingerprint density at radius 3 is 2.33 bits per heavy atom. The SMILES string of the molecule is CCOC(=O)NC(=NC)Nc1ccc(-c2ccc(CN3CCN(C(=O)OCC)CC3)nc2)cc1-c1ncccn1. The summed E-state index contributed by atoms with van der Waals surface area (Å²) in [5.74, 6) is 0.752. The first-order chi connectivity index (χ1) is 19.5. The lowest BCUT2D eigenvalue weighted by atomic mass is 10.0. The highest BCUT2D eigenvalue weighted by molar-refractivity contribution is 6.04. The van der Waals surface area contributed by atoms with Crippen LogP contribution in [0.2, 0.25) is 0 Å². The van der Waals surface area contributed by atoms with Crippen LogP contribution in [0, 0.1) is 0 Å². The summed E-state index contributed by atoms with van der Waals surface area (Å²) >= 11 is 0. The van der Waals surface area contributed by atoms with Crippen LogP contribution in [-0.4, -0.2) is 89.3 Å². The van der Waals surface area contributed by atoms with Crippen molar-refractivity contribution in [2.45, 2.75) is 20.4 Å². The monoisotopic (exact) mass is 546 g/mol. The van der Waals surface area contributed by atoms with E-state index in [0.29, 0.717) is 37.8 Å². The van der Waals surface area contributed by atoms with Gasteiger partial charge in [0.15, 0.2) is 5.82 Å². The van der Waals surface area contributed by atoms with Gasteiger partial charge in [0.2, 0.25) is 5.96 Å². The molecule has 0 aliphatic carbocycles. The fraction of sp³-hybridized carbons (Fsp3) is 0.357. The molecule has 12 heteroatoms. The van der Waals surface area contributed by atoms with Crippen molar-refractivity contribution in [1.82, 2.24) is 30.1 Å². The van der Waals surface area contributed by atoms with Crippen LogP contribution in [0.5, 0.6) is 0 Å². The molecule has 0 radical (unpaired) electrons. The molecular weight excluding hydrogens is 512 g/mol. The van der Waals surface area contributed by atoms with E-state index >= 15 is 0 Å². The largest absolute Gasteiger partial charge is 0.450 e. The molecule has 1 aliphatic heterocycles. The van der Waals surface area contributed by atoms with Crippen LogP contribution in [0.3, 0.4) is 0 Å². The molecule has 2 amide bonds. The van der Waals surface area contributed by atoms with Crippen molar-refractivity contribution in [3.8, 4) is 22.5 Å². The number of pyridine rings is 1. The van der Waals surface area contributed by atoms with Gasteiger partial charge in [0.25, 0.3) is 0 Å². The second-order valence-electron chi connectivity index (χ2n) is 8.88. The molecule has 2 aromatic heterocycles. The van der Waals surface area contributed by atoms with Crippen LogP contribution in [0.15, 0.2) is 60.0 Å². The van der Waals surface area contributed by atoms with Gasteiger partial charge in [-0.15, -0.1) is 0 Å². The van der Waals surface area contributed by atoms with Gasteiger partial charge in [-0.05, 0) is 43.7 Å². The Hall–Kier alpha value is -4.58. The number of anilines is 1. The summed E-state index contributed by atoms with van der Waals surface area (Å²) in [6.07, 6.45) is 4.35. The van der Waals surface area contributed by atoms with Crippen LogP contribution in [0.4, 0.5) is 15.3 Å². The number of hydrogen-bond donors (Lipinski definition) is 2. The van der Waals surface area contributed by atoms with Crippen molar-refractivity contribution in [2.24, 2.45) is 4.99 Å². The predicted octanol–water partition coefficient (Wildman–Crippen LogP) is 3.62. The third-order valence-corrected chi connectivity index (χ3v) is 6.24.